The highest BCUT2D eigenvalue weighted by molar-refractivity contribution is 7.91. The van der Waals surface area contributed by atoms with Crippen molar-refractivity contribution < 1.29 is 13.2 Å². The quantitative estimate of drug-likeness (QED) is 0.855. The minimum Gasteiger partial charge on any atom is -0.369 e. The van der Waals surface area contributed by atoms with Crippen LogP contribution < -0.4 is 10.2 Å². The number of carbonyl (C=O) groups is 1. The molecule has 0 aromatic heterocycles. The molecule has 1 atom stereocenters. The molecule has 1 aromatic carbocycles. The summed E-state index contributed by atoms with van der Waals surface area (Å²) in [6.45, 7) is 7.69. The molecule has 3 rings (SSSR count). The van der Waals surface area contributed by atoms with E-state index in [1.807, 2.05) is 6.92 Å². The van der Waals surface area contributed by atoms with Gasteiger partial charge in [-0.3, -0.25) is 9.69 Å². The van der Waals surface area contributed by atoms with Crippen LogP contribution >= 0.6 is 0 Å². The van der Waals surface area contributed by atoms with Crippen LogP contribution in [0.15, 0.2) is 24.3 Å². The topological polar surface area (TPSA) is 69.7 Å². The van der Waals surface area contributed by atoms with E-state index in [1.165, 1.54) is 11.3 Å². The SMILES string of the molecule is Cc1cccc(N2CCN(CC(=O)N[C@@]3(C)CCS(=O)(=O)C3)CC2)c1. The Balaban J connectivity index is 1.48. The van der Waals surface area contributed by atoms with E-state index in [0.717, 1.165) is 26.2 Å². The Morgan fingerprint density at radius 1 is 1.24 bits per heavy atom. The molecule has 0 bridgehead atoms. The molecule has 0 saturated carbocycles. The van der Waals surface area contributed by atoms with E-state index in [-0.39, 0.29) is 17.4 Å². The number of sulfone groups is 1. The van der Waals surface area contributed by atoms with Crippen molar-refractivity contribution in [1.29, 1.82) is 0 Å². The zero-order valence-corrected chi connectivity index (χ0v) is 15.8. The summed E-state index contributed by atoms with van der Waals surface area (Å²) in [4.78, 5) is 16.8. The lowest BCUT2D eigenvalue weighted by Crippen LogP contribution is -2.53. The molecule has 0 spiro atoms. The number of benzene rings is 1. The van der Waals surface area contributed by atoms with Crippen LogP contribution in [0.2, 0.25) is 0 Å². The molecule has 0 aliphatic carbocycles. The van der Waals surface area contributed by atoms with Gasteiger partial charge in [0.1, 0.15) is 0 Å². The Hall–Kier alpha value is -1.60. The molecule has 2 fully saturated rings. The molecule has 1 aromatic rings. The second-order valence-electron chi connectivity index (χ2n) is 7.55. The van der Waals surface area contributed by atoms with E-state index in [2.05, 4.69) is 46.3 Å². The van der Waals surface area contributed by atoms with E-state index < -0.39 is 15.4 Å². The molecule has 2 aliphatic heterocycles. The van der Waals surface area contributed by atoms with Crippen molar-refractivity contribution in [3.05, 3.63) is 29.8 Å². The van der Waals surface area contributed by atoms with E-state index in [9.17, 15) is 13.2 Å². The Morgan fingerprint density at radius 3 is 2.56 bits per heavy atom. The second-order valence-corrected chi connectivity index (χ2v) is 9.74. The summed E-state index contributed by atoms with van der Waals surface area (Å²) in [5.74, 6) is 0.134. The Kier molecular flexibility index (Phi) is 5.06. The van der Waals surface area contributed by atoms with E-state index in [4.69, 9.17) is 0 Å². The van der Waals surface area contributed by atoms with Gasteiger partial charge >= 0.3 is 0 Å². The summed E-state index contributed by atoms with van der Waals surface area (Å²) >= 11 is 0. The first-order chi connectivity index (χ1) is 11.7. The van der Waals surface area contributed by atoms with Crippen LogP contribution in [0.4, 0.5) is 5.69 Å². The Bertz CT molecular complexity index is 742. The van der Waals surface area contributed by atoms with Crippen molar-refractivity contribution in [1.82, 2.24) is 10.2 Å². The monoisotopic (exact) mass is 365 g/mol. The molecular weight excluding hydrogens is 338 g/mol. The lowest BCUT2D eigenvalue weighted by Gasteiger charge is -2.36. The fourth-order valence-corrected chi connectivity index (χ4v) is 5.77. The van der Waals surface area contributed by atoms with Gasteiger partial charge in [-0.2, -0.15) is 0 Å². The van der Waals surface area contributed by atoms with Crippen LogP contribution in [0.1, 0.15) is 18.9 Å². The number of piperazine rings is 1. The number of nitrogens with one attached hydrogen (secondary N) is 1. The number of aryl methyl sites for hydroxylation is 1. The van der Waals surface area contributed by atoms with Crippen molar-refractivity contribution in [2.24, 2.45) is 0 Å². The van der Waals surface area contributed by atoms with Crippen LogP contribution in [0.5, 0.6) is 0 Å². The maximum absolute atomic E-state index is 12.3. The molecule has 6 nitrogen and oxygen atoms in total. The third-order valence-electron chi connectivity index (χ3n) is 5.05. The average Bonchev–Trinajstić information content (AvgIpc) is 2.81. The van der Waals surface area contributed by atoms with Gasteiger partial charge < -0.3 is 10.2 Å². The normalized spacial score (nSPS) is 26.6. The Labute approximate surface area is 150 Å². The number of amides is 1. The summed E-state index contributed by atoms with van der Waals surface area (Å²) in [5, 5.41) is 2.94. The summed E-state index contributed by atoms with van der Waals surface area (Å²) in [7, 11) is -3.01. The predicted molar refractivity (Wildman–Crippen MR) is 99.7 cm³/mol. The highest BCUT2D eigenvalue weighted by Gasteiger charge is 2.39. The maximum Gasteiger partial charge on any atom is 0.234 e. The predicted octanol–water partition coefficient (Wildman–Crippen LogP) is 0.810. The fraction of sp³-hybridized carbons (Fsp3) is 0.611. The zero-order valence-electron chi connectivity index (χ0n) is 15.0. The van der Waals surface area contributed by atoms with Crippen molar-refractivity contribution >= 4 is 21.4 Å². The largest absolute Gasteiger partial charge is 0.369 e. The van der Waals surface area contributed by atoms with E-state index >= 15 is 0 Å². The molecule has 2 aliphatic rings. The molecule has 0 radical (unpaired) electrons. The van der Waals surface area contributed by atoms with Gasteiger partial charge in [-0.15, -0.1) is 0 Å². The van der Waals surface area contributed by atoms with Crippen LogP contribution in [0.25, 0.3) is 0 Å². The molecule has 25 heavy (non-hydrogen) atoms. The fourth-order valence-electron chi connectivity index (χ4n) is 3.68. The molecule has 0 unspecified atom stereocenters. The van der Waals surface area contributed by atoms with E-state index in [1.54, 1.807) is 0 Å². The first-order valence-electron chi connectivity index (χ1n) is 8.80. The summed E-state index contributed by atoms with van der Waals surface area (Å²) in [6.07, 6.45) is 0.502. The number of rotatable bonds is 4. The van der Waals surface area contributed by atoms with Gasteiger partial charge in [0.25, 0.3) is 0 Å². The van der Waals surface area contributed by atoms with Gasteiger partial charge in [-0.05, 0) is 38.0 Å². The smallest absolute Gasteiger partial charge is 0.234 e. The molecule has 138 valence electrons. The molecule has 2 saturated heterocycles. The molecule has 1 N–H and O–H groups in total. The van der Waals surface area contributed by atoms with Gasteiger partial charge in [0.2, 0.25) is 5.91 Å². The highest BCUT2D eigenvalue weighted by atomic mass is 32.2. The van der Waals surface area contributed by atoms with Gasteiger partial charge in [0.15, 0.2) is 9.84 Å². The number of anilines is 1. The molecular formula is C18H27N3O3S. The van der Waals surface area contributed by atoms with Gasteiger partial charge in [-0.1, -0.05) is 12.1 Å². The Morgan fingerprint density at radius 2 is 1.96 bits per heavy atom. The van der Waals surface area contributed by atoms with Crippen molar-refractivity contribution in [2.45, 2.75) is 25.8 Å². The minimum atomic E-state index is -3.01. The number of hydrogen-bond donors (Lipinski definition) is 1. The van der Waals surface area contributed by atoms with Crippen LogP contribution in [-0.4, -0.2) is 69.0 Å². The first-order valence-corrected chi connectivity index (χ1v) is 10.6. The van der Waals surface area contributed by atoms with Gasteiger partial charge in [-0.25, -0.2) is 8.42 Å². The third-order valence-corrected chi connectivity index (χ3v) is 6.95. The summed E-state index contributed by atoms with van der Waals surface area (Å²) < 4.78 is 23.3. The molecule has 2 heterocycles. The minimum absolute atomic E-state index is 0.0485. The standard InChI is InChI=1S/C18H27N3O3S/c1-15-4-3-5-16(12-15)21-9-7-20(8-10-21)13-17(22)19-18(2)6-11-25(23,24)14-18/h3-5,12H,6-11,13-14H2,1-2H3,(H,19,22)/t18-/m0/s1. The van der Waals surface area contributed by atoms with Crippen LogP contribution in [0.3, 0.4) is 0 Å². The van der Waals surface area contributed by atoms with Crippen molar-refractivity contribution in [2.75, 3.05) is 49.1 Å². The van der Waals surface area contributed by atoms with Gasteiger partial charge in [0, 0.05) is 31.9 Å². The van der Waals surface area contributed by atoms with Crippen LogP contribution in [0, 0.1) is 6.92 Å². The lowest BCUT2D eigenvalue weighted by atomic mass is 10.0. The van der Waals surface area contributed by atoms with Crippen LogP contribution in [-0.2, 0) is 14.6 Å². The van der Waals surface area contributed by atoms with Crippen molar-refractivity contribution in [3.8, 4) is 0 Å². The average molecular weight is 365 g/mol. The second kappa shape index (κ2) is 6.96. The maximum atomic E-state index is 12.3. The highest BCUT2D eigenvalue weighted by Crippen LogP contribution is 2.23. The van der Waals surface area contributed by atoms with E-state index in [0.29, 0.717) is 13.0 Å². The van der Waals surface area contributed by atoms with Gasteiger partial charge in [0.05, 0.1) is 23.6 Å². The molecule has 7 heteroatoms. The zero-order chi connectivity index (χ0) is 18.1. The number of carbonyl (C=O) groups excluding carboxylic acids is 1. The first kappa shape index (κ1) is 18.2. The molecule has 1 amide bonds. The lowest BCUT2D eigenvalue weighted by molar-refractivity contribution is -0.123. The van der Waals surface area contributed by atoms with Crippen molar-refractivity contribution in [3.63, 3.8) is 0 Å². The summed E-state index contributed by atoms with van der Waals surface area (Å²) in [5.41, 5.74) is 1.87. The third kappa shape index (κ3) is 4.73. The number of hydrogen-bond acceptors (Lipinski definition) is 5. The summed E-state index contributed by atoms with van der Waals surface area (Å²) in [6, 6.07) is 8.47. The number of nitrogens with zero attached hydrogens (tertiary/aromatic N) is 2.